The van der Waals surface area contributed by atoms with Crippen LogP contribution in [-0.2, 0) is 9.47 Å². The Bertz CT molecular complexity index is 517. The number of ether oxygens (including phenoxy) is 3. The van der Waals surface area contributed by atoms with E-state index in [2.05, 4.69) is 18.7 Å². The minimum atomic E-state index is -0.111. The molecule has 0 radical (unpaired) electrons. The van der Waals surface area contributed by atoms with Crippen LogP contribution in [0.4, 0.5) is 0 Å². The van der Waals surface area contributed by atoms with E-state index < -0.39 is 0 Å². The van der Waals surface area contributed by atoms with Gasteiger partial charge in [0.25, 0.3) is 0 Å². The Hall–Kier alpha value is -1.74. The molecule has 2 rings (SSSR count). The second kappa shape index (κ2) is 6.62. The maximum absolute atomic E-state index is 5.61. The zero-order chi connectivity index (χ0) is 14.5. The van der Waals surface area contributed by atoms with Gasteiger partial charge in [0.05, 0.1) is 14.2 Å². The van der Waals surface area contributed by atoms with E-state index in [1.54, 1.807) is 21.3 Å². The molecular formula is C17H22O3. The monoisotopic (exact) mass is 274 g/mol. The minimum Gasteiger partial charge on any atom is -0.498 e. The zero-order valence-electron chi connectivity index (χ0n) is 12.4. The molecule has 0 heterocycles. The van der Waals surface area contributed by atoms with Gasteiger partial charge in [0.15, 0.2) is 0 Å². The summed E-state index contributed by atoms with van der Waals surface area (Å²) in [6.45, 7) is 3.77. The molecule has 0 bridgehead atoms. The Morgan fingerprint density at radius 3 is 2.60 bits per heavy atom. The van der Waals surface area contributed by atoms with Crippen molar-refractivity contribution < 1.29 is 14.2 Å². The lowest BCUT2D eigenvalue weighted by atomic mass is 10.0. The summed E-state index contributed by atoms with van der Waals surface area (Å²) < 4.78 is 16.5. The smallest absolute Gasteiger partial charge is 0.140 e. The number of methoxy groups -OCH3 is 3. The third-order valence-electron chi connectivity index (χ3n) is 3.69. The van der Waals surface area contributed by atoms with Crippen molar-refractivity contribution in [3.8, 4) is 5.75 Å². The van der Waals surface area contributed by atoms with Gasteiger partial charge in [-0.05, 0) is 42.5 Å². The normalized spacial score (nSPS) is 17.1. The third kappa shape index (κ3) is 2.59. The van der Waals surface area contributed by atoms with Crippen LogP contribution in [0.5, 0.6) is 5.75 Å². The van der Waals surface area contributed by atoms with Gasteiger partial charge >= 0.3 is 0 Å². The van der Waals surface area contributed by atoms with Crippen LogP contribution >= 0.6 is 0 Å². The minimum absolute atomic E-state index is 0.111. The highest BCUT2D eigenvalue weighted by atomic mass is 16.5. The fourth-order valence-electron chi connectivity index (χ4n) is 2.73. The summed E-state index contributed by atoms with van der Waals surface area (Å²) in [7, 11) is 5.10. The van der Waals surface area contributed by atoms with Crippen molar-refractivity contribution in [2.75, 3.05) is 21.3 Å². The van der Waals surface area contributed by atoms with Crippen molar-refractivity contribution >= 4 is 5.57 Å². The largest absolute Gasteiger partial charge is 0.498 e. The Morgan fingerprint density at radius 2 is 2.00 bits per heavy atom. The number of hydrogen-bond donors (Lipinski definition) is 0. The van der Waals surface area contributed by atoms with E-state index in [9.17, 15) is 0 Å². The van der Waals surface area contributed by atoms with Gasteiger partial charge in [-0.2, -0.15) is 0 Å². The van der Waals surface area contributed by atoms with Crippen LogP contribution in [0.15, 0.2) is 36.6 Å². The highest BCUT2D eigenvalue weighted by Gasteiger charge is 2.32. The molecular weight excluding hydrogens is 252 g/mol. The van der Waals surface area contributed by atoms with Crippen LogP contribution in [0.1, 0.15) is 36.5 Å². The van der Waals surface area contributed by atoms with Crippen LogP contribution in [0.2, 0.25) is 0 Å². The van der Waals surface area contributed by atoms with Crippen molar-refractivity contribution in [3.05, 3.63) is 47.7 Å². The maximum atomic E-state index is 5.61. The van der Waals surface area contributed by atoms with Crippen molar-refractivity contribution in [3.63, 3.8) is 0 Å². The van der Waals surface area contributed by atoms with E-state index in [4.69, 9.17) is 14.2 Å². The van der Waals surface area contributed by atoms with E-state index in [1.807, 2.05) is 12.1 Å². The molecule has 0 spiro atoms. The molecule has 1 aromatic carbocycles. The standard InChI is InChI=1S/C17H22O3/c1-5-6-7-8-13-15-11-12(18-2)9-10-14(15)17(20-4)16(13)19-3/h5,9-11,17H,1,6-8H2,2-4H3. The molecule has 1 aliphatic carbocycles. The number of fused-ring (bicyclic) bond motifs is 1. The summed E-state index contributed by atoms with van der Waals surface area (Å²) in [5, 5.41) is 0. The molecule has 0 saturated carbocycles. The first-order valence-corrected chi connectivity index (χ1v) is 6.85. The lowest BCUT2D eigenvalue weighted by Crippen LogP contribution is -2.03. The molecule has 3 nitrogen and oxygen atoms in total. The molecule has 0 amide bonds. The van der Waals surface area contributed by atoms with Crippen molar-refractivity contribution in [1.29, 1.82) is 0 Å². The molecule has 1 unspecified atom stereocenters. The summed E-state index contributed by atoms with van der Waals surface area (Å²) in [6, 6.07) is 6.09. The van der Waals surface area contributed by atoms with Gasteiger partial charge < -0.3 is 14.2 Å². The lowest BCUT2D eigenvalue weighted by molar-refractivity contribution is 0.0833. The Balaban J connectivity index is 2.41. The van der Waals surface area contributed by atoms with Gasteiger partial charge in [-0.1, -0.05) is 12.1 Å². The molecule has 108 valence electrons. The number of hydrogen-bond acceptors (Lipinski definition) is 3. The summed E-state index contributed by atoms with van der Waals surface area (Å²) in [5.41, 5.74) is 3.55. The fourth-order valence-corrected chi connectivity index (χ4v) is 2.73. The van der Waals surface area contributed by atoms with Crippen LogP contribution in [0.25, 0.3) is 5.57 Å². The fraction of sp³-hybridized carbons (Fsp3) is 0.412. The van der Waals surface area contributed by atoms with Crippen LogP contribution in [0.3, 0.4) is 0 Å². The number of unbranched alkanes of at least 4 members (excludes halogenated alkanes) is 1. The van der Waals surface area contributed by atoms with Gasteiger partial charge in [0, 0.05) is 12.7 Å². The van der Waals surface area contributed by atoms with Gasteiger partial charge in [-0.25, -0.2) is 0 Å². The Morgan fingerprint density at radius 1 is 1.20 bits per heavy atom. The predicted molar refractivity (Wildman–Crippen MR) is 80.7 cm³/mol. The molecule has 1 aromatic rings. The van der Waals surface area contributed by atoms with Gasteiger partial charge in [-0.3, -0.25) is 0 Å². The second-order valence-corrected chi connectivity index (χ2v) is 4.80. The molecule has 1 aliphatic rings. The van der Waals surface area contributed by atoms with Crippen molar-refractivity contribution in [2.45, 2.75) is 25.4 Å². The molecule has 0 aromatic heterocycles. The molecule has 0 aliphatic heterocycles. The van der Waals surface area contributed by atoms with Crippen molar-refractivity contribution in [2.24, 2.45) is 0 Å². The first-order chi connectivity index (χ1) is 9.76. The quantitative estimate of drug-likeness (QED) is 0.553. The summed E-state index contributed by atoms with van der Waals surface area (Å²) in [4.78, 5) is 0. The van der Waals surface area contributed by atoms with Crippen LogP contribution in [-0.4, -0.2) is 21.3 Å². The van der Waals surface area contributed by atoms with Gasteiger partial charge in [0.1, 0.15) is 17.6 Å². The summed E-state index contributed by atoms with van der Waals surface area (Å²) in [6.07, 6.45) is 4.84. The SMILES string of the molecule is C=CCCCC1=C(OC)C(OC)c2ccc(OC)cc21. The molecule has 1 atom stereocenters. The Labute approximate surface area is 120 Å². The Kier molecular flexibility index (Phi) is 4.85. The van der Waals surface area contributed by atoms with E-state index >= 15 is 0 Å². The van der Waals surface area contributed by atoms with Gasteiger partial charge in [0.2, 0.25) is 0 Å². The second-order valence-electron chi connectivity index (χ2n) is 4.80. The zero-order valence-corrected chi connectivity index (χ0v) is 12.4. The van der Waals surface area contributed by atoms with Gasteiger partial charge in [-0.15, -0.1) is 6.58 Å². The van der Waals surface area contributed by atoms with E-state index in [-0.39, 0.29) is 6.10 Å². The van der Waals surface area contributed by atoms with E-state index in [0.29, 0.717) is 0 Å². The third-order valence-corrected chi connectivity index (χ3v) is 3.69. The molecule has 0 saturated heterocycles. The molecule has 0 N–H and O–H groups in total. The molecule has 3 heteroatoms. The first-order valence-electron chi connectivity index (χ1n) is 6.85. The first kappa shape index (κ1) is 14.7. The highest BCUT2D eigenvalue weighted by molar-refractivity contribution is 5.77. The molecule has 0 fully saturated rings. The highest BCUT2D eigenvalue weighted by Crippen LogP contribution is 2.45. The lowest BCUT2D eigenvalue weighted by Gasteiger charge is -2.14. The topological polar surface area (TPSA) is 27.7 Å². The number of allylic oxidation sites excluding steroid dienone is 2. The maximum Gasteiger partial charge on any atom is 0.140 e. The summed E-state index contributed by atoms with van der Waals surface area (Å²) >= 11 is 0. The van der Waals surface area contributed by atoms with E-state index in [1.165, 1.54) is 11.1 Å². The predicted octanol–water partition coefficient (Wildman–Crippen LogP) is 4.11. The average molecular weight is 274 g/mol. The number of rotatable bonds is 7. The number of benzene rings is 1. The van der Waals surface area contributed by atoms with Crippen LogP contribution in [0, 0.1) is 0 Å². The van der Waals surface area contributed by atoms with E-state index in [0.717, 1.165) is 36.3 Å². The average Bonchev–Trinajstić information content (AvgIpc) is 2.79. The molecule has 20 heavy (non-hydrogen) atoms. The van der Waals surface area contributed by atoms with Crippen molar-refractivity contribution in [1.82, 2.24) is 0 Å². The summed E-state index contributed by atoms with van der Waals surface area (Å²) in [5.74, 6) is 1.77. The van der Waals surface area contributed by atoms with Crippen LogP contribution < -0.4 is 4.74 Å².